The number of nitrogens with zero attached hydrogens (tertiary/aromatic N) is 4. The van der Waals surface area contributed by atoms with Crippen LogP contribution in [0.15, 0.2) is 53.5 Å². The monoisotopic (exact) mass is 609 g/mol. The van der Waals surface area contributed by atoms with Crippen molar-refractivity contribution in [3.05, 3.63) is 75.2 Å². The molecule has 4 rings (SSSR count). The second-order valence-corrected chi connectivity index (χ2v) is 9.88. The number of hydrogen-bond acceptors (Lipinski definition) is 10. The summed E-state index contributed by atoms with van der Waals surface area (Å²) in [7, 11) is 3.60. The summed E-state index contributed by atoms with van der Waals surface area (Å²) in [5.74, 6) is -2.08. The Balaban J connectivity index is 1.66. The Morgan fingerprint density at radius 2 is 1.77 bits per heavy atom. The van der Waals surface area contributed by atoms with Crippen molar-refractivity contribution >= 4 is 57.7 Å². The lowest BCUT2D eigenvalue weighted by molar-refractivity contribution is -0.120. The SMILES string of the molecule is CCC(=O)COc1cc2cc(Nc3nc(N(C)C)ncc3Cl)ccc2n(CCOc2ccc(C(=O)O)c(C(=O)O)c2)c1=O. The molecule has 43 heavy (non-hydrogen) atoms. The molecule has 2 heterocycles. The minimum Gasteiger partial charge on any atom is -0.492 e. The van der Waals surface area contributed by atoms with E-state index in [0.717, 1.165) is 12.1 Å². The van der Waals surface area contributed by atoms with Crippen molar-refractivity contribution in [3.8, 4) is 11.5 Å². The molecule has 0 bridgehead atoms. The summed E-state index contributed by atoms with van der Waals surface area (Å²) < 4.78 is 12.7. The third kappa shape index (κ3) is 7.19. The van der Waals surface area contributed by atoms with Gasteiger partial charge in [0, 0.05) is 31.6 Å². The van der Waals surface area contributed by atoms with Gasteiger partial charge in [-0.3, -0.25) is 9.59 Å². The fourth-order valence-corrected chi connectivity index (χ4v) is 4.19. The number of nitrogens with one attached hydrogen (secondary N) is 1. The van der Waals surface area contributed by atoms with Crippen LogP contribution in [0.2, 0.25) is 5.02 Å². The van der Waals surface area contributed by atoms with E-state index in [9.17, 15) is 29.4 Å². The minimum absolute atomic E-state index is 0.0219. The largest absolute Gasteiger partial charge is 0.492 e. The van der Waals surface area contributed by atoms with Gasteiger partial charge in [0.2, 0.25) is 5.95 Å². The second kappa shape index (κ2) is 13.2. The normalized spacial score (nSPS) is 10.8. The summed E-state index contributed by atoms with van der Waals surface area (Å²) in [4.78, 5) is 58.5. The first-order valence-electron chi connectivity index (χ1n) is 13.0. The molecule has 0 unspecified atom stereocenters. The number of halogens is 1. The van der Waals surface area contributed by atoms with Crippen LogP contribution in [0.4, 0.5) is 17.5 Å². The van der Waals surface area contributed by atoms with E-state index < -0.39 is 23.1 Å². The molecule has 2 aromatic heterocycles. The average molecular weight is 610 g/mol. The van der Waals surface area contributed by atoms with E-state index in [1.165, 1.54) is 16.8 Å². The molecule has 14 heteroatoms. The van der Waals surface area contributed by atoms with Gasteiger partial charge in [0.15, 0.2) is 17.4 Å². The molecule has 0 amide bonds. The zero-order valence-corrected chi connectivity index (χ0v) is 24.2. The van der Waals surface area contributed by atoms with Crippen molar-refractivity contribution in [3.63, 3.8) is 0 Å². The number of fused-ring (bicyclic) bond motifs is 1. The standard InChI is InChI=1S/C29H28ClN5O8/c1-4-18(36)15-43-24-12-16-11-17(32-25-22(30)14-31-29(33-25)34(2)3)5-8-23(16)35(26(24)37)9-10-42-19-6-7-20(27(38)39)21(13-19)28(40)41/h5-8,11-14H,4,9-10,15H2,1-3H3,(H,38,39)(H,40,41)(H,31,32,33). The molecule has 4 aromatic rings. The molecule has 224 valence electrons. The highest BCUT2D eigenvalue weighted by molar-refractivity contribution is 6.32. The number of aromatic carboxylic acids is 2. The molecule has 0 radical (unpaired) electrons. The maximum absolute atomic E-state index is 13.4. The quantitative estimate of drug-likeness (QED) is 0.198. The molecule has 0 aliphatic carbocycles. The van der Waals surface area contributed by atoms with E-state index in [1.54, 1.807) is 50.2 Å². The maximum Gasteiger partial charge on any atom is 0.336 e. The van der Waals surface area contributed by atoms with Gasteiger partial charge >= 0.3 is 11.9 Å². The number of hydrogen-bond donors (Lipinski definition) is 3. The highest BCUT2D eigenvalue weighted by Crippen LogP contribution is 2.28. The van der Waals surface area contributed by atoms with Gasteiger partial charge in [-0.15, -0.1) is 0 Å². The first-order valence-corrected chi connectivity index (χ1v) is 13.4. The van der Waals surface area contributed by atoms with Gasteiger partial charge in [-0.25, -0.2) is 14.6 Å². The van der Waals surface area contributed by atoms with E-state index >= 15 is 0 Å². The lowest BCUT2D eigenvalue weighted by Crippen LogP contribution is -2.26. The van der Waals surface area contributed by atoms with Crippen molar-refractivity contribution in [1.29, 1.82) is 0 Å². The zero-order valence-electron chi connectivity index (χ0n) is 23.5. The number of Topliss-reactive ketones (excluding diaryl/α,β-unsaturated/α-hetero) is 1. The van der Waals surface area contributed by atoms with Crippen molar-refractivity contribution in [2.24, 2.45) is 0 Å². The lowest BCUT2D eigenvalue weighted by atomic mass is 10.1. The van der Waals surface area contributed by atoms with Gasteiger partial charge in [0.25, 0.3) is 5.56 Å². The Morgan fingerprint density at radius 1 is 1.02 bits per heavy atom. The molecule has 13 nitrogen and oxygen atoms in total. The molecule has 0 saturated carbocycles. The molecular weight excluding hydrogens is 582 g/mol. The van der Waals surface area contributed by atoms with Crippen molar-refractivity contribution < 1.29 is 34.1 Å². The zero-order chi connectivity index (χ0) is 31.3. The van der Waals surface area contributed by atoms with E-state index in [2.05, 4.69) is 15.3 Å². The highest BCUT2D eigenvalue weighted by Gasteiger charge is 2.18. The number of carboxylic acids is 2. The number of carbonyl (C=O) groups excluding carboxylic acids is 1. The van der Waals surface area contributed by atoms with Gasteiger partial charge in [-0.05, 0) is 42.5 Å². The van der Waals surface area contributed by atoms with Crippen molar-refractivity contribution in [1.82, 2.24) is 14.5 Å². The van der Waals surface area contributed by atoms with Crippen LogP contribution in [0.5, 0.6) is 11.5 Å². The number of carbonyl (C=O) groups is 3. The molecule has 0 atom stereocenters. The first-order chi connectivity index (χ1) is 20.5. The summed E-state index contributed by atoms with van der Waals surface area (Å²) in [6, 6.07) is 10.3. The Labute approximate surface area is 250 Å². The third-order valence-electron chi connectivity index (χ3n) is 6.27. The van der Waals surface area contributed by atoms with Gasteiger partial charge in [-0.2, -0.15) is 4.98 Å². The molecular formula is C29H28ClN5O8. The summed E-state index contributed by atoms with van der Waals surface area (Å²) in [6.45, 7) is 1.37. The van der Waals surface area contributed by atoms with Crippen molar-refractivity contribution in [2.75, 3.05) is 37.5 Å². The van der Waals surface area contributed by atoms with Crippen LogP contribution in [0.1, 0.15) is 34.1 Å². The molecule has 0 aliphatic rings. The topological polar surface area (TPSA) is 173 Å². The van der Waals surface area contributed by atoms with Crippen LogP contribution in [-0.4, -0.2) is 69.8 Å². The first kappa shape index (κ1) is 30.8. The number of anilines is 3. The molecule has 0 spiro atoms. The van der Waals surface area contributed by atoms with E-state index in [0.29, 0.717) is 33.4 Å². The van der Waals surface area contributed by atoms with Gasteiger partial charge in [0.1, 0.15) is 24.0 Å². The van der Waals surface area contributed by atoms with Crippen LogP contribution in [0, 0.1) is 0 Å². The number of carboxylic acid groups (broad SMARTS) is 2. The predicted octanol–water partition coefficient (Wildman–Crippen LogP) is 4.09. The van der Waals surface area contributed by atoms with Crippen LogP contribution in [-0.2, 0) is 11.3 Å². The predicted molar refractivity (Wildman–Crippen MR) is 160 cm³/mol. The molecule has 0 fully saturated rings. The van der Waals surface area contributed by atoms with Crippen LogP contribution in [0.3, 0.4) is 0 Å². The van der Waals surface area contributed by atoms with E-state index in [-0.39, 0.29) is 49.0 Å². The highest BCUT2D eigenvalue weighted by atomic mass is 35.5. The summed E-state index contributed by atoms with van der Waals surface area (Å²) in [5.41, 5.74) is -0.162. The Hall–Kier alpha value is -5.17. The van der Waals surface area contributed by atoms with Gasteiger partial charge in [0.05, 0.1) is 29.4 Å². The summed E-state index contributed by atoms with van der Waals surface area (Å²) in [5, 5.41) is 22.7. The number of aromatic nitrogens is 3. The average Bonchev–Trinajstić information content (AvgIpc) is 2.97. The van der Waals surface area contributed by atoms with Crippen molar-refractivity contribution in [2.45, 2.75) is 19.9 Å². The van der Waals surface area contributed by atoms with E-state index in [4.69, 9.17) is 21.1 Å². The number of rotatable bonds is 13. The Morgan fingerprint density at radius 3 is 2.44 bits per heavy atom. The third-order valence-corrected chi connectivity index (χ3v) is 6.55. The number of benzene rings is 2. The maximum atomic E-state index is 13.4. The molecule has 0 saturated heterocycles. The number of ether oxygens (including phenoxy) is 2. The lowest BCUT2D eigenvalue weighted by Gasteiger charge is -2.16. The molecule has 3 N–H and O–H groups in total. The molecule has 2 aromatic carbocycles. The Bertz CT molecular complexity index is 1770. The Kier molecular flexibility index (Phi) is 9.46. The molecule has 0 aliphatic heterocycles. The fourth-order valence-electron chi connectivity index (χ4n) is 4.05. The number of ketones is 1. The van der Waals surface area contributed by atoms with Gasteiger partial charge in [-0.1, -0.05) is 18.5 Å². The fraction of sp³-hybridized carbons (Fsp3) is 0.241. The smallest absolute Gasteiger partial charge is 0.336 e. The van der Waals surface area contributed by atoms with Crippen LogP contribution in [0.25, 0.3) is 10.9 Å². The minimum atomic E-state index is -1.41. The second-order valence-electron chi connectivity index (χ2n) is 9.47. The van der Waals surface area contributed by atoms with Gasteiger partial charge < -0.3 is 34.5 Å². The van der Waals surface area contributed by atoms with E-state index in [1.807, 2.05) is 0 Å². The summed E-state index contributed by atoms with van der Waals surface area (Å²) in [6.07, 6.45) is 1.73. The number of pyridine rings is 1. The van der Waals surface area contributed by atoms with Crippen LogP contribution < -0.4 is 25.2 Å². The summed E-state index contributed by atoms with van der Waals surface area (Å²) >= 11 is 6.30. The van der Waals surface area contributed by atoms with Crippen LogP contribution >= 0.6 is 11.6 Å².